The van der Waals surface area contributed by atoms with Crippen molar-refractivity contribution in [1.82, 2.24) is 14.9 Å². The lowest BCUT2D eigenvalue weighted by molar-refractivity contribution is 0.0290. The van der Waals surface area contributed by atoms with Gasteiger partial charge in [0.05, 0.1) is 0 Å². The van der Waals surface area contributed by atoms with E-state index in [1.54, 1.807) is 11.9 Å². The normalized spacial score (nSPS) is 18.4. The number of carbonyl (C=O) groups excluding carboxylic acids is 1. The highest BCUT2D eigenvalue weighted by Crippen LogP contribution is 2.23. The first-order valence-corrected chi connectivity index (χ1v) is 7.75. The molecule has 2 rings (SSSR count). The van der Waals surface area contributed by atoms with E-state index in [4.69, 9.17) is 4.74 Å². The number of likely N-dealkylation sites (N-methyl/N-ethyl adjacent to an activating group) is 1. The fraction of sp³-hybridized carbons (Fsp3) is 0.688. The second-order valence-electron chi connectivity index (χ2n) is 6.91. The first kappa shape index (κ1) is 16.5. The minimum absolute atomic E-state index is 0.236. The minimum Gasteiger partial charge on any atom is -0.444 e. The fourth-order valence-electron chi connectivity index (χ4n) is 2.55. The topological polar surface area (TPSA) is 58.6 Å². The Morgan fingerprint density at radius 1 is 1.41 bits per heavy atom. The molecule has 1 aromatic heterocycles. The first-order chi connectivity index (χ1) is 10.3. The molecule has 6 heteroatoms. The number of hydrogen-bond donors (Lipinski definition) is 0. The Bertz CT molecular complexity index is 510. The van der Waals surface area contributed by atoms with Gasteiger partial charge in [-0.05, 0) is 46.1 Å². The first-order valence-electron chi connectivity index (χ1n) is 7.75. The summed E-state index contributed by atoms with van der Waals surface area (Å²) >= 11 is 0. The summed E-state index contributed by atoms with van der Waals surface area (Å²) in [7, 11) is 1.78. The van der Waals surface area contributed by atoms with Gasteiger partial charge in [-0.3, -0.25) is 0 Å². The molecule has 1 atom stereocenters. The van der Waals surface area contributed by atoms with E-state index in [1.807, 2.05) is 40.1 Å². The van der Waals surface area contributed by atoms with Crippen molar-refractivity contribution in [3.63, 3.8) is 0 Å². The molecule has 1 aliphatic rings. The summed E-state index contributed by atoms with van der Waals surface area (Å²) in [5.74, 6) is 0.741. The highest BCUT2D eigenvalue weighted by atomic mass is 16.6. The molecule has 0 aliphatic carbocycles. The lowest BCUT2D eigenvalue weighted by Crippen LogP contribution is -2.43. The van der Waals surface area contributed by atoms with E-state index < -0.39 is 5.60 Å². The zero-order valence-corrected chi connectivity index (χ0v) is 14.2. The van der Waals surface area contributed by atoms with Gasteiger partial charge in [0.1, 0.15) is 5.60 Å². The van der Waals surface area contributed by atoms with Crippen molar-refractivity contribution < 1.29 is 9.53 Å². The second kappa shape index (κ2) is 6.50. The Morgan fingerprint density at radius 2 is 2.05 bits per heavy atom. The molecule has 122 valence electrons. The SMILES string of the molecule is Cc1cnc(N2CCCC2CN(C)C(=O)OC(C)(C)C)nc1. The van der Waals surface area contributed by atoms with Crippen molar-refractivity contribution in [3.05, 3.63) is 18.0 Å². The third-order valence-corrected chi connectivity index (χ3v) is 3.59. The van der Waals surface area contributed by atoms with Gasteiger partial charge in [-0.2, -0.15) is 0 Å². The van der Waals surface area contributed by atoms with Crippen LogP contribution < -0.4 is 4.90 Å². The smallest absolute Gasteiger partial charge is 0.410 e. The number of anilines is 1. The highest BCUT2D eigenvalue weighted by molar-refractivity contribution is 5.67. The average Bonchev–Trinajstić information content (AvgIpc) is 2.85. The Morgan fingerprint density at radius 3 is 2.64 bits per heavy atom. The van der Waals surface area contributed by atoms with Crippen molar-refractivity contribution >= 4 is 12.0 Å². The third-order valence-electron chi connectivity index (χ3n) is 3.59. The quantitative estimate of drug-likeness (QED) is 0.859. The Labute approximate surface area is 132 Å². The van der Waals surface area contributed by atoms with Gasteiger partial charge in [-0.25, -0.2) is 14.8 Å². The standard InChI is InChI=1S/C16H26N4O2/c1-12-9-17-14(18-10-12)20-8-6-7-13(20)11-19(5)15(21)22-16(2,3)4/h9-10,13H,6-8,11H2,1-5H3. The second-order valence-corrected chi connectivity index (χ2v) is 6.91. The molecule has 0 N–H and O–H groups in total. The lowest BCUT2D eigenvalue weighted by atomic mass is 10.2. The number of rotatable bonds is 3. The van der Waals surface area contributed by atoms with Crippen LogP contribution in [0.2, 0.25) is 0 Å². The maximum atomic E-state index is 12.1. The van der Waals surface area contributed by atoms with E-state index in [0.717, 1.165) is 30.9 Å². The molecule has 0 bridgehead atoms. The summed E-state index contributed by atoms with van der Waals surface area (Å²) in [6.07, 6.45) is 5.49. The molecule has 1 aliphatic heterocycles. The zero-order chi connectivity index (χ0) is 16.3. The van der Waals surface area contributed by atoms with Crippen LogP contribution in [-0.4, -0.2) is 52.7 Å². The van der Waals surface area contributed by atoms with Crippen LogP contribution in [-0.2, 0) is 4.74 Å². The summed E-state index contributed by atoms with van der Waals surface area (Å²) in [6.45, 7) is 9.14. The molecule has 22 heavy (non-hydrogen) atoms. The molecule has 1 unspecified atom stereocenters. The monoisotopic (exact) mass is 306 g/mol. The molecule has 1 amide bonds. The van der Waals surface area contributed by atoms with Crippen molar-refractivity contribution in [1.29, 1.82) is 0 Å². The molecule has 0 radical (unpaired) electrons. The van der Waals surface area contributed by atoms with Gasteiger partial charge in [0.15, 0.2) is 0 Å². The van der Waals surface area contributed by atoms with Gasteiger partial charge in [0, 0.05) is 38.6 Å². The van der Waals surface area contributed by atoms with E-state index in [9.17, 15) is 4.79 Å². The summed E-state index contributed by atoms with van der Waals surface area (Å²) in [4.78, 5) is 24.7. The number of amides is 1. The van der Waals surface area contributed by atoms with Gasteiger partial charge >= 0.3 is 6.09 Å². The Balaban J connectivity index is 1.99. The molecule has 1 fully saturated rings. The lowest BCUT2D eigenvalue weighted by Gasteiger charge is -2.30. The number of hydrogen-bond acceptors (Lipinski definition) is 5. The van der Waals surface area contributed by atoms with Crippen molar-refractivity contribution in [3.8, 4) is 0 Å². The molecule has 1 aromatic rings. The Hall–Kier alpha value is -1.85. The van der Waals surface area contributed by atoms with E-state index in [1.165, 1.54) is 0 Å². The summed E-state index contributed by atoms with van der Waals surface area (Å²) in [6, 6.07) is 0.236. The molecular formula is C16H26N4O2. The van der Waals surface area contributed by atoms with Crippen molar-refractivity contribution in [2.45, 2.75) is 52.2 Å². The zero-order valence-electron chi connectivity index (χ0n) is 14.2. The van der Waals surface area contributed by atoms with E-state index in [-0.39, 0.29) is 12.1 Å². The summed E-state index contributed by atoms with van der Waals surface area (Å²) in [5, 5.41) is 0. The van der Waals surface area contributed by atoms with Crippen LogP contribution in [0.1, 0.15) is 39.2 Å². The van der Waals surface area contributed by atoms with Crippen LogP contribution in [0.25, 0.3) is 0 Å². The predicted molar refractivity (Wildman–Crippen MR) is 86.0 cm³/mol. The minimum atomic E-state index is -0.471. The molecule has 0 aromatic carbocycles. The maximum absolute atomic E-state index is 12.1. The van der Waals surface area contributed by atoms with Crippen LogP contribution in [0.3, 0.4) is 0 Å². The fourth-order valence-corrected chi connectivity index (χ4v) is 2.55. The summed E-state index contributed by atoms with van der Waals surface area (Å²) in [5.41, 5.74) is 0.575. The largest absolute Gasteiger partial charge is 0.444 e. The molecule has 0 spiro atoms. The summed E-state index contributed by atoms with van der Waals surface area (Å²) < 4.78 is 5.40. The number of nitrogens with zero attached hydrogens (tertiary/aromatic N) is 4. The number of ether oxygens (including phenoxy) is 1. The van der Waals surface area contributed by atoms with Crippen LogP contribution in [0.5, 0.6) is 0 Å². The molecular weight excluding hydrogens is 280 g/mol. The third kappa shape index (κ3) is 4.32. The van der Waals surface area contributed by atoms with Crippen molar-refractivity contribution in [2.24, 2.45) is 0 Å². The van der Waals surface area contributed by atoms with Gasteiger partial charge in [-0.1, -0.05) is 0 Å². The number of aromatic nitrogens is 2. The van der Waals surface area contributed by atoms with Crippen LogP contribution in [0.15, 0.2) is 12.4 Å². The average molecular weight is 306 g/mol. The highest BCUT2D eigenvalue weighted by Gasteiger charge is 2.30. The van der Waals surface area contributed by atoms with E-state index in [2.05, 4.69) is 14.9 Å². The molecule has 0 saturated carbocycles. The van der Waals surface area contributed by atoms with Crippen LogP contribution >= 0.6 is 0 Å². The number of aryl methyl sites for hydroxylation is 1. The molecule has 2 heterocycles. The van der Waals surface area contributed by atoms with Crippen molar-refractivity contribution in [2.75, 3.05) is 25.0 Å². The molecule has 6 nitrogen and oxygen atoms in total. The van der Waals surface area contributed by atoms with Gasteiger partial charge in [0.2, 0.25) is 5.95 Å². The van der Waals surface area contributed by atoms with Gasteiger partial charge in [0.25, 0.3) is 0 Å². The number of carbonyl (C=O) groups is 1. The van der Waals surface area contributed by atoms with Gasteiger partial charge in [-0.15, -0.1) is 0 Å². The predicted octanol–water partition coefficient (Wildman–Crippen LogP) is 2.62. The van der Waals surface area contributed by atoms with Crippen LogP contribution in [0.4, 0.5) is 10.7 Å². The van der Waals surface area contributed by atoms with Crippen LogP contribution in [0, 0.1) is 6.92 Å². The maximum Gasteiger partial charge on any atom is 0.410 e. The molecule has 1 saturated heterocycles. The van der Waals surface area contributed by atoms with E-state index >= 15 is 0 Å². The Kier molecular flexibility index (Phi) is 4.88. The van der Waals surface area contributed by atoms with E-state index in [0.29, 0.717) is 6.54 Å². The van der Waals surface area contributed by atoms with Gasteiger partial charge < -0.3 is 14.5 Å².